The highest BCUT2D eigenvalue weighted by Crippen LogP contribution is 2.10. The van der Waals surface area contributed by atoms with Crippen LogP contribution >= 0.6 is 0 Å². The third-order valence-electron chi connectivity index (χ3n) is 4.67. The fourth-order valence-electron chi connectivity index (χ4n) is 2.52. The smallest absolute Gasteiger partial charge is 0.326 e. The molecule has 0 aliphatic carbocycles. The molecule has 6 atom stereocenters. The fourth-order valence-corrected chi connectivity index (χ4v) is 2.52. The number of carboxylic acid groups (broad SMARTS) is 1. The summed E-state index contributed by atoms with van der Waals surface area (Å²) in [5.74, 6) is -6.71. The summed E-state index contributed by atoms with van der Waals surface area (Å²) in [6, 6.07) is -5.80. The third kappa shape index (κ3) is 9.70. The van der Waals surface area contributed by atoms with Gasteiger partial charge in [0.05, 0.1) is 18.9 Å². The number of aliphatic hydroxyl groups excluding tert-OH is 1. The maximum Gasteiger partial charge on any atom is 0.326 e. The van der Waals surface area contributed by atoms with Crippen LogP contribution in [0.2, 0.25) is 0 Å². The Hall–Kier alpha value is -3.26. The summed E-state index contributed by atoms with van der Waals surface area (Å²) in [7, 11) is 0. The fraction of sp³-hybridized carbons (Fsp3) is 0.667. The van der Waals surface area contributed by atoms with E-state index >= 15 is 0 Å². The highest BCUT2D eigenvalue weighted by molar-refractivity contribution is 5.96. The van der Waals surface area contributed by atoms with Gasteiger partial charge in [-0.05, 0) is 12.8 Å². The number of rotatable bonds is 14. The lowest BCUT2D eigenvalue weighted by molar-refractivity contribution is -0.144. The van der Waals surface area contributed by atoms with E-state index in [9.17, 15) is 39.0 Å². The average Bonchev–Trinajstić information content (AvgIpc) is 2.68. The zero-order valence-corrected chi connectivity index (χ0v) is 18.2. The van der Waals surface area contributed by atoms with Gasteiger partial charge in [-0.15, -0.1) is 0 Å². The molecule has 0 radical (unpaired) electrons. The molecule has 0 bridgehead atoms. The highest BCUT2D eigenvalue weighted by Gasteiger charge is 2.34. The Bertz CT molecular complexity index is 728. The van der Waals surface area contributed by atoms with E-state index in [-0.39, 0.29) is 0 Å². The van der Waals surface area contributed by atoms with Crippen molar-refractivity contribution in [3.8, 4) is 0 Å². The lowest BCUT2D eigenvalue weighted by Crippen LogP contribution is -2.60. The molecule has 14 heteroatoms. The largest absolute Gasteiger partial charge is 0.480 e. The first kappa shape index (κ1) is 28.7. The van der Waals surface area contributed by atoms with Crippen molar-refractivity contribution >= 4 is 35.5 Å². The van der Waals surface area contributed by atoms with Gasteiger partial charge in [-0.3, -0.25) is 24.0 Å². The van der Waals surface area contributed by atoms with Gasteiger partial charge in [0.25, 0.3) is 0 Å². The van der Waals surface area contributed by atoms with Crippen LogP contribution in [0.4, 0.5) is 0 Å². The Morgan fingerprint density at radius 1 is 0.812 bits per heavy atom. The van der Waals surface area contributed by atoms with E-state index in [1.54, 1.807) is 13.8 Å². The Balaban J connectivity index is 5.61. The Kier molecular flexibility index (Phi) is 11.9. The van der Waals surface area contributed by atoms with Gasteiger partial charge in [-0.2, -0.15) is 0 Å². The van der Waals surface area contributed by atoms with Crippen molar-refractivity contribution in [2.24, 2.45) is 23.1 Å². The van der Waals surface area contributed by atoms with E-state index in [0.717, 1.165) is 0 Å². The second kappa shape index (κ2) is 13.2. The average molecular weight is 460 g/mol. The molecule has 0 aliphatic heterocycles. The number of amides is 5. The Labute approximate surface area is 184 Å². The molecule has 11 N–H and O–H groups in total. The van der Waals surface area contributed by atoms with Gasteiger partial charge in [0.1, 0.15) is 24.2 Å². The van der Waals surface area contributed by atoms with Crippen molar-refractivity contribution in [1.29, 1.82) is 0 Å². The van der Waals surface area contributed by atoms with Crippen LogP contribution in [0.25, 0.3) is 0 Å². The number of carboxylic acids is 1. The SMILES string of the molecule is CCC(C)C(NC(=O)C(CC(N)=O)NC(=O)C(N)C(C)O)C(=O)NC(CC(N)=O)C(=O)O. The molecule has 0 heterocycles. The maximum atomic E-state index is 12.7. The lowest BCUT2D eigenvalue weighted by atomic mass is 9.97. The van der Waals surface area contributed by atoms with Crippen LogP contribution in [-0.4, -0.2) is 76.0 Å². The molecule has 0 aromatic rings. The second-order valence-corrected chi connectivity index (χ2v) is 7.44. The molecule has 0 aromatic carbocycles. The summed E-state index contributed by atoms with van der Waals surface area (Å²) >= 11 is 0. The van der Waals surface area contributed by atoms with Gasteiger partial charge >= 0.3 is 5.97 Å². The molecular formula is C18H32N6O8. The van der Waals surface area contributed by atoms with Crippen LogP contribution < -0.4 is 33.2 Å². The zero-order valence-electron chi connectivity index (χ0n) is 18.2. The van der Waals surface area contributed by atoms with E-state index < -0.39 is 84.5 Å². The molecule has 0 rings (SSSR count). The summed E-state index contributed by atoms with van der Waals surface area (Å²) in [5, 5.41) is 25.3. The number of carbonyl (C=O) groups excluding carboxylic acids is 5. The molecule has 32 heavy (non-hydrogen) atoms. The standard InChI is InChI=1S/C18H32N6O8/c1-4-7(2)14(17(30)23-10(18(31)32)6-12(20)27)24-15(28)9(5-11(19)26)22-16(29)13(21)8(3)25/h7-10,13-14,25H,4-6,21H2,1-3H3,(H2,19,26)(H2,20,27)(H,22,29)(H,23,30)(H,24,28)(H,31,32). The van der Waals surface area contributed by atoms with Gasteiger partial charge in [-0.1, -0.05) is 20.3 Å². The first-order valence-corrected chi connectivity index (χ1v) is 9.85. The summed E-state index contributed by atoms with van der Waals surface area (Å²) < 4.78 is 0. The van der Waals surface area contributed by atoms with E-state index in [4.69, 9.17) is 17.2 Å². The minimum atomic E-state index is -1.62. The lowest BCUT2D eigenvalue weighted by Gasteiger charge is -2.27. The van der Waals surface area contributed by atoms with Gasteiger partial charge in [-0.25, -0.2) is 4.79 Å². The number of hydrogen-bond donors (Lipinski definition) is 8. The molecule has 182 valence electrons. The van der Waals surface area contributed by atoms with Crippen molar-refractivity contribution in [3.05, 3.63) is 0 Å². The monoisotopic (exact) mass is 460 g/mol. The number of carbonyl (C=O) groups is 6. The summed E-state index contributed by atoms with van der Waals surface area (Å²) in [6.45, 7) is 4.56. The minimum absolute atomic E-state index is 0.381. The molecule has 0 aliphatic rings. The Morgan fingerprint density at radius 2 is 1.28 bits per heavy atom. The number of aliphatic hydroxyl groups is 1. The first-order valence-electron chi connectivity index (χ1n) is 9.85. The molecule has 0 aromatic heterocycles. The van der Waals surface area contributed by atoms with E-state index in [1.165, 1.54) is 6.92 Å². The molecule has 5 amide bonds. The zero-order chi connectivity index (χ0) is 25.2. The van der Waals surface area contributed by atoms with Gasteiger partial charge in [0, 0.05) is 0 Å². The van der Waals surface area contributed by atoms with Crippen molar-refractivity contribution in [1.82, 2.24) is 16.0 Å². The summed E-state index contributed by atoms with van der Waals surface area (Å²) in [4.78, 5) is 71.2. The van der Waals surface area contributed by atoms with Crippen LogP contribution in [0.3, 0.4) is 0 Å². The van der Waals surface area contributed by atoms with Crippen LogP contribution in [0.1, 0.15) is 40.0 Å². The first-order chi connectivity index (χ1) is 14.7. The third-order valence-corrected chi connectivity index (χ3v) is 4.67. The predicted molar refractivity (Wildman–Crippen MR) is 110 cm³/mol. The number of primary amides is 2. The predicted octanol–water partition coefficient (Wildman–Crippen LogP) is -3.97. The van der Waals surface area contributed by atoms with Gasteiger partial charge in [0.15, 0.2) is 0 Å². The minimum Gasteiger partial charge on any atom is -0.480 e. The van der Waals surface area contributed by atoms with E-state index in [0.29, 0.717) is 6.42 Å². The quantitative estimate of drug-likeness (QED) is 0.125. The molecule has 0 fully saturated rings. The van der Waals surface area contributed by atoms with E-state index in [1.807, 2.05) is 0 Å². The summed E-state index contributed by atoms with van der Waals surface area (Å²) in [6.07, 6.45) is -2.16. The van der Waals surface area contributed by atoms with Crippen molar-refractivity contribution in [2.75, 3.05) is 0 Å². The normalized spacial score (nSPS) is 16.4. The number of aliphatic carboxylic acids is 1. The van der Waals surface area contributed by atoms with Crippen molar-refractivity contribution < 1.29 is 39.0 Å². The number of nitrogens with one attached hydrogen (secondary N) is 3. The maximum absolute atomic E-state index is 12.7. The molecule has 14 nitrogen and oxygen atoms in total. The Morgan fingerprint density at radius 3 is 1.69 bits per heavy atom. The van der Waals surface area contributed by atoms with Crippen molar-refractivity contribution in [2.45, 2.75) is 70.3 Å². The van der Waals surface area contributed by atoms with Gasteiger partial charge in [0.2, 0.25) is 29.5 Å². The molecule has 0 saturated carbocycles. The van der Waals surface area contributed by atoms with Crippen LogP contribution in [0.5, 0.6) is 0 Å². The highest BCUT2D eigenvalue weighted by atomic mass is 16.4. The van der Waals surface area contributed by atoms with Crippen LogP contribution in [0, 0.1) is 5.92 Å². The molecule has 6 unspecified atom stereocenters. The van der Waals surface area contributed by atoms with Crippen LogP contribution in [-0.2, 0) is 28.8 Å². The molecule has 0 spiro atoms. The molecular weight excluding hydrogens is 428 g/mol. The second-order valence-electron chi connectivity index (χ2n) is 7.44. The summed E-state index contributed by atoms with van der Waals surface area (Å²) in [5.41, 5.74) is 15.6. The van der Waals surface area contributed by atoms with Crippen LogP contribution in [0.15, 0.2) is 0 Å². The molecule has 0 saturated heterocycles. The van der Waals surface area contributed by atoms with Crippen molar-refractivity contribution in [3.63, 3.8) is 0 Å². The van der Waals surface area contributed by atoms with E-state index in [2.05, 4.69) is 16.0 Å². The topological polar surface area (TPSA) is 257 Å². The number of hydrogen-bond acceptors (Lipinski definition) is 8. The number of nitrogens with two attached hydrogens (primary N) is 3. The van der Waals surface area contributed by atoms with Gasteiger partial charge < -0.3 is 43.4 Å².